The number of piperidine rings is 1. The molecule has 1 aliphatic carbocycles. The van der Waals surface area contributed by atoms with Crippen LogP contribution in [0.2, 0.25) is 0 Å². The number of carbonyl (C=O) groups is 2. The van der Waals surface area contributed by atoms with Crippen molar-refractivity contribution in [2.45, 2.75) is 64.3 Å². The minimum Gasteiger partial charge on any atom is -0.481 e. The average Bonchev–Trinajstić information content (AvgIpc) is 2.38. The van der Waals surface area contributed by atoms with Crippen LogP contribution in [-0.4, -0.2) is 41.1 Å². The summed E-state index contributed by atoms with van der Waals surface area (Å²) in [4.78, 5) is 25.5. The highest BCUT2D eigenvalue weighted by Crippen LogP contribution is 2.40. The third-order valence-corrected chi connectivity index (χ3v) is 4.85. The van der Waals surface area contributed by atoms with Gasteiger partial charge in [0.15, 0.2) is 0 Å². The lowest BCUT2D eigenvalue weighted by Crippen LogP contribution is -2.53. The Morgan fingerprint density at radius 1 is 1.30 bits per heavy atom. The number of amides is 2. The normalized spacial score (nSPS) is 24.9. The number of likely N-dealkylation sites (tertiary alicyclic amines) is 1. The Balaban J connectivity index is 1.88. The Labute approximate surface area is 120 Å². The summed E-state index contributed by atoms with van der Waals surface area (Å²) in [5.74, 6) is -0.771. The first kappa shape index (κ1) is 15.1. The molecule has 2 fully saturated rings. The molecule has 1 heterocycles. The van der Waals surface area contributed by atoms with E-state index >= 15 is 0 Å². The molecule has 114 valence electrons. The Kier molecular flexibility index (Phi) is 4.89. The molecule has 0 bridgehead atoms. The summed E-state index contributed by atoms with van der Waals surface area (Å²) in [5.41, 5.74) is -0.703. The van der Waals surface area contributed by atoms with Gasteiger partial charge in [0.05, 0.1) is 5.41 Å². The van der Waals surface area contributed by atoms with Gasteiger partial charge >= 0.3 is 12.0 Å². The van der Waals surface area contributed by atoms with E-state index in [1.54, 1.807) is 0 Å². The number of hydrogen-bond acceptors (Lipinski definition) is 2. The molecule has 0 aromatic rings. The van der Waals surface area contributed by atoms with Gasteiger partial charge in [-0.05, 0) is 38.5 Å². The van der Waals surface area contributed by atoms with Gasteiger partial charge in [-0.2, -0.15) is 0 Å². The Hall–Kier alpha value is -1.26. The zero-order valence-electron chi connectivity index (χ0n) is 12.4. The second kappa shape index (κ2) is 6.46. The van der Waals surface area contributed by atoms with Crippen LogP contribution in [0.5, 0.6) is 0 Å². The second-order valence-corrected chi connectivity index (χ2v) is 6.23. The number of nitrogens with zero attached hydrogens (tertiary/aromatic N) is 1. The fourth-order valence-electron chi connectivity index (χ4n) is 3.32. The molecular weight excluding hydrogens is 256 g/mol. The average molecular weight is 282 g/mol. The molecule has 2 aliphatic rings. The number of hydrogen-bond donors (Lipinski definition) is 2. The largest absolute Gasteiger partial charge is 0.481 e. The van der Waals surface area contributed by atoms with Crippen LogP contribution < -0.4 is 5.32 Å². The van der Waals surface area contributed by atoms with Crippen molar-refractivity contribution in [2.75, 3.05) is 13.1 Å². The molecule has 1 saturated carbocycles. The number of urea groups is 1. The van der Waals surface area contributed by atoms with Crippen molar-refractivity contribution in [3.63, 3.8) is 0 Å². The van der Waals surface area contributed by atoms with E-state index in [0.29, 0.717) is 18.9 Å². The van der Waals surface area contributed by atoms with Gasteiger partial charge in [-0.25, -0.2) is 4.79 Å². The highest BCUT2D eigenvalue weighted by molar-refractivity contribution is 5.79. The van der Waals surface area contributed by atoms with E-state index in [0.717, 1.165) is 38.6 Å². The van der Waals surface area contributed by atoms with E-state index in [9.17, 15) is 14.7 Å². The van der Waals surface area contributed by atoms with Crippen LogP contribution in [0.1, 0.15) is 58.3 Å². The fraction of sp³-hybridized carbons (Fsp3) is 0.867. The first-order chi connectivity index (χ1) is 9.59. The zero-order valence-corrected chi connectivity index (χ0v) is 12.4. The van der Waals surface area contributed by atoms with Gasteiger partial charge in [-0.3, -0.25) is 4.79 Å². The smallest absolute Gasteiger partial charge is 0.317 e. The van der Waals surface area contributed by atoms with Gasteiger partial charge in [-0.15, -0.1) is 0 Å². The number of rotatable bonds is 5. The lowest BCUT2D eigenvalue weighted by Gasteiger charge is -2.40. The van der Waals surface area contributed by atoms with Gasteiger partial charge in [0.2, 0.25) is 0 Å². The molecule has 1 atom stereocenters. The van der Waals surface area contributed by atoms with Gasteiger partial charge < -0.3 is 15.3 Å². The van der Waals surface area contributed by atoms with Gasteiger partial charge in [-0.1, -0.05) is 19.8 Å². The third kappa shape index (κ3) is 3.07. The summed E-state index contributed by atoms with van der Waals surface area (Å²) < 4.78 is 0. The summed E-state index contributed by atoms with van der Waals surface area (Å²) in [5, 5.41) is 12.1. The number of carbonyl (C=O) groups excluding carboxylic acids is 1. The molecule has 5 nitrogen and oxygen atoms in total. The lowest BCUT2D eigenvalue weighted by atomic mass is 9.69. The van der Waals surface area contributed by atoms with Crippen molar-refractivity contribution in [2.24, 2.45) is 5.41 Å². The molecule has 0 spiro atoms. The SMILES string of the molecule is CCCC1CCCCN1C(=O)NCC1(C(=O)O)CCC1. The maximum atomic E-state index is 12.3. The first-order valence-electron chi connectivity index (χ1n) is 7.87. The van der Waals surface area contributed by atoms with Crippen LogP contribution in [0.25, 0.3) is 0 Å². The quantitative estimate of drug-likeness (QED) is 0.814. The van der Waals surface area contributed by atoms with E-state index < -0.39 is 11.4 Å². The minimum atomic E-state index is -0.771. The number of carboxylic acid groups (broad SMARTS) is 1. The van der Waals surface area contributed by atoms with Crippen LogP contribution in [0, 0.1) is 5.41 Å². The third-order valence-electron chi connectivity index (χ3n) is 4.85. The van der Waals surface area contributed by atoms with Crippen molar-refractivity contribution in [1.29, 1.82) is 0 Å². The molecule has 1 aliphatic heterocycles. The van der Waals surface area contributed by atoms with Crippen LogP contribution in [0.3, 0.4) is 0 Å². The molecular formula is C15H26N2O3. The Morgan fingerprint density at radius 2 is 2.05 bits per heavy atom. The van der Waals surface area contributed by atoms with E-state index in [1.807, 2.05) is 4.90 Å². The molecule has 0 aromatic carbocycles. The molecule has 2 amide bonds. The Morgan fingerprint density at radius 3 is 2.60 bits per heavy atom. The molecule has 0 aromatic heterocycles. The maximum Gasteiger partial charge on any atom is 0.317 e. The van der Waals surface area contributed by atoms with Crippen LogP contribution >= 0.6 is 0 Å². The summed E-state index contributed by atoms with van der Waals surface area (Å²) >= 11 is 0. The topological polar surface area (TPSA) is 69.6 Å². The lowest BCUT2D eigenvalue weighted by molar-refractivity contribution is -0.153. The number of nitrogens with one attached hydrogen (secondary N) is 1. The summed E-state index contributed by atoms with van der Waals surface area (Å²) in [6.45, 7) is 3.21. The monoisotopic (exact) mass is 282 g/mol. The predicted molar refractivity (Wildman–Crippen MR) is 76.6 cm³/mol. The van der Waals surface area contributed by atoms with Crippen LogP contribution in [0.4, 0.5) is 4.79 Å². The zero-order chi connectivity index (χ0) is 14.6. The van der Waals surface area contributed by atoms with Crippen molar-refractivity contribution in [1.82, 2.24) is 10.2 Å². The highest BCUT2D eigenvalue weighted by Gasteiger charge is 2.44. The van der Waals surface area contributed by atoms with E-state index in [4.69, 9.17) is 0 Å². The van der Waals surface area contributed by atoms with Crippen molar-refractivity contribution in [3.05, 3.63) is 0 Å². The molecule has 2 rings (SSSR count). The summed E-state index contributed by atoms with van der Waals surface area (Å²) in [7, 11) is 0. The molecule has 0 radical (unpaired) electrons. The Bertz CT molecular complexity index is 364. The molecule has 1 unspecified atom stereocenters. The number of aliphatic carboxylic acids is 1. The molecule has 5 heteroatoms. The van der Waals surface area contributed by atoms with Crippen molar-refractivity contribution >= 4 is 12.0 Å². The van der Waals surface area contributed by atoms with Gasteiger partial charge in [0.1, 0.15) is 0 Å². The minimum absolute atomic E-state index is 0.0734. The predicted octanol–water partition coefficient (Wildman–Crippen LogP) is 2.61. The fourth-order valence-corrected chi connectivity index (χ4v) is 3.32. The summed E-state index contributed by atoms with van der Waals surface area (Å²) in [6, 6.07) is 0.256. The molecule has 1 saturated heterocycles. The van der Waals surface area contributed by atoms with Gasteiger partial charge in [0.25, 0.3) is 0 Å². The molecule has 20 heavy (non-hydrogen) atoms. The second-order valence-electron chi connectivity index (χ2n) is 6.23. The van der Waals surface area contributed by atoms with Crippen molar-refractivity contribution < 1.29 is 14.7 Å². The van der Waals surface area contributed by atoms with Crippen molar-refractivity contribution in [3.8, 4) is 0 Å². The summed E-state index contributed by atoms with van der Waals surface area (Å²) in [6.07, 6.45) is 7.74. The van der Waals surface area contributed by atoms with Crippen LogP contribution in [-0.2, 0) is 4.79 Å². The van der Waals surface area contributed by atoms with E-state index in [2.05, 4.69) is 12.2 Å². The standard InChI is InChI=1S/C15H26N2O3/c1-2-6-12-7-3-4-10-17(12)14(20)16-11-15(13(18)19)8-5-9-15/h12H,2-11H2,1H3,(H,16,20)(H,18,19). The van der Waals surface area contributed by atoms with E-state index in [1.165, 1.54) is 6.42 Å². The maximum absolute atomic E-state index is 12.3. The molecule has 2 N–H and O–H groups in total. The van der Waals surface area contributed by atoms with E-state index in [-0.39, 0.29) is 12.6 Å². The highest BCUT2D eigenvalue weighted by atomic mass is 16.4. The number of carboxylic acids is 1. The van der Waals surface area contributed by atoms with Gasteiger partial charge in [0, 0.05) is 19.1 Å². The van der Waals surface area contributed by atoms with Crippen LogP contribution in [0.15, 0.2) is 0 Å². The first-order valence-corrected chi connectivity index (χ1v) is 7.87.